The largest absolute Gasteiger partial charge is 0.508 e. The van der Waals surface area contributed by atoms with Gasteiger partial charge in [0.2, 0.25) is 0 Å². The minimum atomic E-state index is -0.178. The van der Waals surface area contributed by atoms with Crippen LogP contribution in [-0.2, 0) is 4.79 Å². The average Bonchev–Trinajstić information content (AvgIpc) is 2.83. The lowest BCUT2D eigenvalue weighted by atomic mass is 10.1. The number of thioether (sulfide) groups is 1. The summed E-state index contributed by atoms with van der Waals surface area (Å²) in [6.45, 7) is 4.00. The molecule has 0 aliphatic carbocycles. The Hall–Kier alpha value is -2.53. The van der Waals surface area contributed by atoms with Gasteiger partial charge in [0.15, 0.2) is 5.17 Å². The molecule has 0 saturated carbocycles. The van der Waals surface area contributed by atoms with Crippen molar-refractivity contribution in [3.05, 3.63) is 64.1 Å². The fourth-order valence-corrected chi connectivity index (χ4v) is 3.03. The van der Waals surface area contributed by atoms with Gasteiger partial charge in [0.05, 0.1) is 10.6 Å². The molecule has 0 aromatic heterocycles. The lowest BCUT2D eigenvalue weighted by Crippen LogP contribution is -2.19. The smallest absolute Gasteiger partial charge is 0.264 e. The number of carbonyl (C=O) groups is 1. The Kier molecular flexibility index (Phi) is 4.21. The number of nitrogens with one attached hydrogen (secondary N) is 1. The molecule has 1 fully saturated rings. The van der Waals surface area contributed by atoms with Crippen LogP contribution in [0.15, 0.2) is 52.4 Å². The van der Waals surface area contributed by atoms with Crippen LogP contribution in [0.2, 0.25) is 0 Å². The summed E-state index contributed by atoms with van der Waals surface area (Å²) < 4.78 is 0. The summed E-state index contributed by atoms with van der Waals surface area (Å²) in [5.41, 5.74) is 3.81. The first-order valence-corrected chi connectivity index (χ1v) is 7.99. The number of carbonyl (C=O) groups excluding carboxylic acids is 1. The van der Waals surface area contributed by atoms with Crippen molar-refractivity contribution >= 4 is 34.6 Å². The van der Waals surface area contributed by atoms with E-state index in [4.69, 9.17) is 0 Å². The Labute approximate surface area is 139 Å². The monoisotopic (exact) mass is 324 g/mol. The third-order valence-corrected chi connectivity index (χ3v) is 4.32. The maximum atomic E-state index is 12.1. The molecule has 116 valence electrons. The summed E-state index contributed by atoms with van der Waals surface area (Å²) in [7, 11) is 0. The summed E-state index contributed by atoms with van der Waals surface area (Å²) in [5.74, 6) is -0.00516. The summed E-state index contributed by atoms with van der Waals surface area (Å²) in [6.07, 6.45) is 1.74. The van der Waals surface area contributed by atoms with Gasteiger partial charge in [-0.1, -0.05) is 24.3 Å². The molecular formula is C18H16N2O2S. The highest BCUT2D eigenvalue weighted by Gasteiger charge is 2.23. The van der Waals surface area contributed by atoms with Crippen LogP contribution in [0, 0.1) is 13.8 Å². The summed E-state index contributed by atoms with van der Waals surface area (Å²) in [5, 5.41) is 12.8. The number of amides is 1. The standard InChI is InChI=1S/C18H16N2O2S/c1-11-6-7-12(2)15(8-11)19-18-20-17(22)16(23-18)10-13-4-3-5-14(21)9-13/h3-10,21H,1-2H3,(H,19,20,22)/b16-10-. The Morgan fingerprint density at radius 3 is 2.78 bits per heavy atom. The highest BCUT2D eigenvalue weighted by molar-refractivity contribution is 8.18. The van der Waals surface area contributed by atoms with Gasteiger partial charge in [-0.05, 0) is 66.6 Å². The Morgan fingerprint density at radius 2 is 2.00 bits per heavy atom. The van der Waals surface area contributed by atoms with Crippen molar-refractivity contribution in [3.63, 3.8) is 0 Å². The second-order valence-corrected chi connectivity index (χ2v) is 6.40. The van der Waals surface area contributed by atoms with Gasteiger partial charge >= 0.3 is 0 Å². The van der Waals surface area contributed by atoms with Crippen molar-refractivity contribution in [2.75, 3.05) is 0 Å². The number of aromatic hydroxyl groups is 1. The van der Waals surface area contributed by atoms with Gasteiger partial charge in [-0.25, -0.2) is 4.99 Å². The molecule has 0 spiro atoms. The zero-order valence-electron chi connectivity index (χ0n) is 12.8. The van der Waals surface area contributed by atoms with Gasteiger partial charge in [-0.3, -0.25) is 4.79 Å². The number of benzene rings is 2. The van der Waals surface area contributed by atoms with E-state index in [1.165, 1.54) is 11.8 Å². The Bertz CT molecular complexity index is 841. The van der Waals surface area contributed by atoms with E-state index in [0.29, 0.717) is 10.1 Å². The summed E-state index contributed by atoms with van der Waals surface area (Å²) in [6, 6.07) is 12.8. The van der Waals surface area contributed by atoms with Gasteiger partial charge in [-0.2, -0.15) is 0 Å². The van der Waals surface area contributed by atoms with Gasteiger partial charge in [0.25, 0.3) is 5.91 Å². The van der Waals surface area contributed by atoms with E-state index in [1.807, 2.05) is 38.1 Å². The van der Waals surface area contributed by atoms with Gasteiger partial charge < -0.3 is 10.4 Å². The molecule has 2 aromatic rings. The molecule has 4 nitrogen and oxygen atoms in total. The molecular weight excluding hydrogens is 308 g/mol. The van der Waals surface area contributed by atoms with Crippen molar-refractivity contribution < 1.29 is 9.90 Å². The maximum absolute atomic E-state index is 12.1. The minimum absolute atomic E-state index is 0.173. The van der Waals surface area contributed by atoms with Crippen molar-refractivity contribution in [1.82, 2.24) is 5.32 Å². The van der Waals surface area contributed by atoms with Crippen LogP contribution < -0.4 is 5.32 Å². The van der Waals surface area contributed by atoms with Crippen LogP contribution in [0.5, 0.6) is 5.75 Å². The van der Waals surface area contributed by atoms with E-state index >= 15 is 0 Å². The predicted molar refractivity (Wildman–Crippen MR) is 94.8 cm³/mol. The molecule has 0 bridgehead atoms. The van der Waals surface area contributed by atoms with Crippen LogP contribution in [0.3, 0.4) is 0 Å². The second-order valence-electron chi connectivity index (χ2n) is 5.37. The molecule has 2 aromatic carbocycles. The van der Waals surface area contributed by atoms with Crippen molar-refractivity contribution in [1.29, 1.82) is 0 Å². The first-order valence-electron chi connectivity index (χ1n) is 7.17. The van der Waals surface area contributed by atoms with E-state index in [-0.39, 0.29) is 11.7 Å². The third-order valence-electron chi connectivity index (χ3n) is 3.41. The Balaban J connectivity index is 1.87. The van der Waals surface area contributed by atoms with Gasteiger partial charge in [0.1, 0.15) is 5.75 Å². The zero-order chi connectivity index (χ0) is 16.4. The molecule has 1 saturated heterocycles. The molecule has 2 N–H and O–H groups in total. The molecule has 1 heterocycles. The SMILES string of the molecule is Cc1ccc(C)c(N=C2NC(=O)/C(=C/c3cccc(O)c3)S2)c1. The molecule has 5 heteroatoms. The number of phenols is 1. The lowest BCUT2D eigenvalue weighted by molar-refractivity contribution is -0.115. The van der Waals surface area contributed by atoms with E-state index in [1.54, 1.807) is 24.3 Å². The number of rotatable bonds is 2. The van der Waals surface area contributed by atoms with Crippen LogP contribution in [-0.4, -0.2) is 16.2 Å². The fraction of sp³-hybridized carbons (Fsp3) is 0.111. The number of hydrogen-bond acceptors (Lipinski definition) is 4. The van der Waals surface area contributed by atoms with Crippen molar-refractivity contribution in [3.8, 4) is 5.75 Å². The van der Waals surface area contributed by atoms with E-state index in [2.05, 4.69) is 10.3 Å². The van der Waals surface area contributed by atoms with E-state index < -0.39 is 0 Å². The van der Waals surface area contributed by atoms with Crippen molar-refractivity contribution in [2.24, 2.45) is 4.99 Å². The summed E-state index contributed by atoms with van der Waals surface area (Å²) >= 11 is 1.30. The van der Waals surface area contributed by atoms with E-state index in [9.17, 15) is 9.90 Å². The van der Waals surface area contributed by atoms with Crippen molar-refractivity contribution in [2.45, 2.75) is 13.8 Å². The van der Waals surface area contributed by atoms with Crippen LogP contribution >= 0.6 is 11.8 Å². The summed E-state index contributed by atoms with van der Waals surface area (Å²) in [4.78, 5) is 17.2. The first-order chi connectivity index (χ1) is 11.0. The van der Waals surface area contributed by atoms with Crippen LogP contribution in [0.25, 0.3) is 6.08 Å². The normalized spacial score (nSPS) is 17.7. The maximum Gasteiger partial charge on any atom is 0.264 e. The van der Waals surface area contributed by atoms with E-state index in [0.717, 1.165) is 22.4 Å². The second kappa shape index (κ2) is 6.30. The molecule has 1 aliphatic heterocycles. The number of phenolic OH excluding ortho intramolecular Hbond substituents is 1. The Morgan fingerprint density at radius 1 is 1.17 bits per heavy atom. The van der Waals surface area contributed by atoms with Crippen LogP contribution in [0.1, 0.15) is 16.7 Å². The molecule has 3 rings (SSSR count). The van der Waals surface area contributed by atoms with Gasteiger partial charge in [0, 0.05) is 0 Å². The molecule has 0 radical (unpaired) electrons. The zero-order valence-corrected chi connectivity index (χ0v) is 13.6. The molecule has 23 heavy (non-hydrogen) atoms. The lowest BCUT2D eigenvalue weighted by Gasteiger charge is -2.02. The number of hydrogen-bond donors (Lipinski definition) is 2. The fourth-order valence-electron chi connectivity index (χ4n) is 2.20. The minimum Gasteiger partial charge on any atom is -0.508 e. The highest BCUT2D eigenvalue weighted by atomic mass is 32.2. The number of nitrogens with zero attached hydrogens (tertiary/aromatic N) is 1. The highest BCUT2D eigenvalue weighted by Crippen LogP contribution is 2.29. The number of aliphatic imine (C=N–C) groups is 1. The third kappa shape index (κ3) is 3.63. The quantitative estimate of drug-likeness (QED) is 0.824. The van der Waals surface area contributed by atoms with Crippen LogP contribution in [0.4, 0.5) is 5.69 Å². The first kappa shape index (κ1) is 15.4. The molecule has 0 unspecified atom stereocenters. The van der Waals surface area contributed by atoms with Gasteiger partial charge in [-0.15, -0.1) is 0 Å². The molecule has 0 atom stereocenters. The molecule has 1 aliphatic rings. The molecule has 1 amide bonds. The predicted octanol–water partition coefficient (Wildman–Crippen LogP) is 3.90. The number of aryl methyl sites for hydroxylation is 2. The topological polar surface area (TPSA) is 61.7 Å². The number of amidine groups is 1. The average molecular weight is 324 g/mol.